The van der Waals surface area contributed by atoms with Gasteiger partial charge in [0.15, 0.2) is 0 Å². The number of nitrogens with one attached hydrogen (secondary N) is 1. The number of nitrogens with zero attached hydrogens (tertiary/aromatic N) is 1. The summed E-state index contributed by atoms with van der Waals surface area (Å²) >= 11 is 5.86. The lowest BCUT2D eigenvalue weighted by Gasteiger charge is -2.29. The largest absolute Gasteiger partial charge is 0.490 e. The van der Waals surface area contributed by atoms with Gasteiger partial charge in [-0.05, 0) is 80.1 Å². The third kappa shape index (κ3) is 5.51. The summed E-state index contributed by atoms with van der Waals surface area (Å²) in [5.41, 5.74) is 0.445. The summed E-state index contributed by atoms with van der Waals surface area (Å²) in [6.45, 7) is 0. The maximum absolute atomic E-state index is 13.1. The molecule has 0 radical (unpaired) electrons. The van der Waals surface area contributed by atoms with E-state index in [0.717, 1.165) is 37.8 Å². The number of hydrogen-bond acceptors (Lipinski definition) is 3. The van der Waals surface area contributed by atoms with Crippen LogP contribution in [0.3, 0.4) is 0 Å². The van der Waals surface area contributed by atoms with Gasteiger partial charge in [0.25, 0.3) is 0 Å². The van der Waals surface area contributed by atoms with Gasteiger partial charge in [0.2, 0.25) is 5.91 Å². The van der Waals surface area contributed by atoms with E-state index in [0.29, 0.717) is 33.8 Å². The average Bonchev–Trinajstić information content (AvgIpc) is 2.76. The van der Waals surface area contributed by atoms with E-state index in [1.54, 1.807) is 30.3 Å². The molecule has 1 heterocycles. The van der Waals surface area contributed by atoms with E-state index in [1.165, 1.54) is 12.3 Å². The van der Waals surface area contributed by atoms with E-state index >= 15 is 0 Å². The van der Waals surface area contributed by atoms with Gasteiger partial charge in [0.05, 0.1) is 17.2 Å². The third-order valence-corrected chi connectivity index (χ3v) is 5.97. The highest BCUT2D eigenvalue weighted by Crippen LogP contribution is 2.36. The minimum Gasteiger partial charge on any atom is -0.490 e. The Kier molecular flexibility index (Phi) is 6.55. The van der Waals surface area contributed by atoms with Gasteiger partial charge in [0, 0.05) is 28.7 Å². The molecule has 1 aliphatic rings. The number of ether oxygens (including phenoxy) is 1. The Balaban J connectivity index is 1.34. The first-order chi connectivity index (χ1) is 15.3. The van der Waals surface area contributed by atoms with Crippen LogP contribution >= 0.6 is 11.6 Å². The lowest BCUT2D eigenvalue weighted by molar-refractivity contribution is -0.137. The summed E-state index contributed by atoms with van der Waals surface area (Å²) in [6, 6.07) is 12.0. The van der Waals surface area contributed by atoms with Crippen molar-refractivity contribution in [3.05, 3.63) is 65.3 Å². The minimum absolute atomic E-state index is 0.0449. The van der Waals surface area contributed by atoms with Crippen LogP contribution < -0.4 is 10.1 Å². The zero-order valence-electron chi connectivity index (χ0n) is 17.2. The Morgan fingerprint density at radius 1 is 1.06 bits per heavy atom. The summed E-state index contributed by atoms with van der Waals surface area (Å²) in [4.78, 5) is 16.5. The van der Waals surface area contributed by atoms with Crippen LogP contribution in [0.2, 0.25) is 5.02 Å². The first kappa shape index (κ1) is 22.4. The topological polar surface area (TPSA) is 51.2 Å². The fourth-order valence-electron chi connectivity index (χ4n) is 4.04. The molecule has 8 heteroatoms. The van der Waals surface area contributed by atoms with Gasteiger partial charge in [-0.25, -0.2) is 0 Å². The van der Waals surface area contributed by atoms with Gasteiger partial charge in [-0.15, -0.1) is 0 Å². The summed E-state index contributed by atoms with van der Waals surface area (Å²) in [7, 11) is 0. The van der Waals surface area contributed by atoms with E-state index in [2.05, 4.69) is 10.3 Å². The Morgan fingerprint density at radius 2 is 1.78 bits per heavy atom. The molecule has 0 atom stereocenters. The SMILES string of the molecule is O=C(C[C@H]1CC[C@@H](Oc2ccnc3ccc(C(F)(F)F)cc23)CC1)Nc1ccc(Cl)cc1. The Morgan fingerprint density at radius 3 is 2.47 bits per heavy atom. The van der Waals surface area contributed by atoms with Crippen LogP contribution in [-0.4, -0.2) is 17.0 Å². The van der Waals surface area contributed by atoms with E-state index in [9.17, 15) is 18.0 Å². The molecule has 1 saturated carbocycles. The van der Waals surface area contributed by atoms with Crippen LogP contribution in [0.15, 0.2) is 54.7 Å². The van der Waals surface area contributed by atoms with Gasteiger partial charge in [-0.1, -0.05) is 11.6 Å². The maximum Gasteiger partial charge on any atom is 0.416 e. The highest BCUT2D eigenvalue weighted by molar-refractivity contribution is 6.30. The second-order valence-corrected chi connectivity index (χ2v) is 8.49. The molecule has 3 aromatic rings. The molecule has 1 aromatic heterocycles. The minimum atomic E-state index is -4.42. The second-order valence-electron chi connectivity index (χ2n) is 8.06. The Hall–Kier alpha value is -2.80. The van der Waals surface area contributed by atoms with Crippen molar-refractivity contribution >= 4 is 34.1 Å². The standard InChI is InChI=1S/C24H22ClF3N2O2/c25-17-4-6-18(7-5-17)30-23(31)13-15-1-8-19(9-2-15)32-22-11-12-29-21-10-3-16(14-20(21)22)24(26,27)28/h3-7,10-12,14-15,19H,1-2,8-9,13H2,(H,30,31)/t15-,19+. The predicted octanol–water partition coefficient (Wildman–Crippen LogP) is 6.87. The normalized spacial score (nSPS) is 19.0. The summed E-state index contributed by atoms with van der Waals surface area (Å²) in [5, 5.41) is 3.84. The molecule has 0 saturated heterocycles. The number of amides is 1. The summed E-state index contributed by atoms with van der Waals surface area (Å²) in [6.07, 6.45) is 0.534. The molecule has 0 aliphatic heterocycles. The lowest BCUT2D eigenvalue weighted by atomic mass is 9.85. The van der Waals surface area contributed by atoms with Crippen LogP contribution in [0.4, 0.5) is 18.9 Å². The number of alkyl halides is 3. The van der Waals surface area contributed by atoms with Crippen molar-refractivity contribution < 1.29 is 22.7 Å². The molecule has 1 aliphatic carbocycles. The summed E-state index contributed by atoms with van der Waals surface area (Å²) < 4.78 is 45.4. The van der Waals surface area contributed by atoms with Crippen LogP contribution in [0.1, 0.15) is 37.7 Å². The second kappa shape index (κ2) is 9.36. The molecule has 0 bridgehead atoms. The molecule has 1 fully saturated rings. The Bertz CT molecular complexity index is 1090. The van der Waals surface area contributed by atoms with Crippen molar-refractivity contribution in [2.75, 3.05) is 5.32 Å². The average molecular weight is 463 g/mol. The van der Waals surface area contributed by atoms with Crippen molar-refractivity contribution in [1.82, 2.24) is 4.98 Å². The molecular formula is C24H22ClF3N2O2. The van der Waals surface area contributed by atoms with Crippen LogP contribution in [0.25, 0.3) is 10.9 Å². The van der Waals surface area contributed by atoms with Gasteiger partial charge in [-0.2, -0.15) is 13.2 Å². The first-order valence-corrected chi connectivity index (χ1v) is 10.8. The number of rotatable bonds is 5. The van der Waals surface area contributed by atoms with Crippen LogP contribution in [0.5, 0.6) is 5.75 Å². The van der Waals surface area contributed by atoms with Gasteiger partial charge in [0.1, 0.15) is 5.75 Å². The quantitative estimate of drug-likeness (QED) is 0.450. The molecule has 0 spiro atoms. The molecule has 168 valence electrons. The van der Waals surface area contributed by atoms with Crippen molar-refractivity contribution in [2.45, 2.75) is 44.4 Å². The fraction of sp³-hybridized carbons (Fsp3) is 0.333. The summed E-state index contributed by atoms with van der Waals surface area (Å²) in [5.74, 6) is 0.606. The molecule has 2 aromatic carbocycles. The van der Waals surface area contributed by atoms with Crippen LogP contribution in [-0.2, 0) is 11.0 Å². The highest BCUT2D eigenvalue weighted by Gasteiger charge is 2.31. The number of benzene rings is 2. The number of carbonyl (C=O) groups excluding carboxylic acids is 1. The molecule has 1 amide bonds. The molecule has 4 nitrogen and oxygen atoms in total. The maximum atomic E-state index is 13.1. The van der Waals surface area contributed by atoms with E-state index in [1.807, 2.05) is 0 Å². The molecule has 1 N–H and O–H groups in total. The molecule has 32 heavy (non-hydrogen) atoms. The van der Waals surface area contributed by atoms with E-state index in [-0.39, 0.29) is 17.9 Å². The third-order valence-electron chi connectivity index (χ3n) is 5.72. The van der Waals surface area contributed by atoms with Crippen molar-refractivity contribution in [1.29, 1.82) is 0 Å². The van der Waals surface area contributed by atoms with Crippen LogP contribution in [0, 0.1) is 5.92 Å². The number of anilines is 1. The predicted molar refractivity (Wildman–Crippen MR) is 118 cm³/mol. The molecular weight excluding hydrogens is 441 g/mol. The molecule has 0 unspecified atom stereocenters. The number of aromatic nitrogens is 1. The zero-order valence-corrected chi connectivity index (χ0v) is 17.9. The number of fused-ring (bicyclic) bond motifs is 1. The number of pyridine rings is 1. The van der Waals surface area contributed by atoms with Gasteiger partial charge >= 0.3 is 6.18 Å². The monoisotopic (exact) mass is 462 g/mol. The van der Waals surface area contributed by atoms with Gasteiger partial charge < -0.3 is 10.1 Å². The number of halogens is 4. The Labute approximate surface area is 188 Å². The number of hydrogen-bond donors (Lipinski definition) is 1. The van der Waals surface area contributed by atoms with Gasteiger partial charge in [-0.3, -0.25) is 9.78 Å². The smallest absolute Gasteiger partial charge is 0.416 e. The van der Waals surface area contributed by atoms with Crippen molar-refractivity contribution in [3.63, 3.8) is 0 Å². The lowest BCUT2D eigenvalue weighted by Crippen LogP contribution is -2.26. The first-order valence-electron chi connectivity index (χ1n) is 10.5. The van der Waals surface area contributed by atoms with E-state index < -0.39 is 11.7 Å². The highest BCUT2D eigenvalue weighted by atomic mass is 35.5. The fourth-order valence-corrected chi connectivity index (χ4v) is 4.17. The van der Waals surface area contributed by atoms with Crippen molar-refractivity contribution in [3.8, 4) is 5.75 Å². The zero-order chi connectivity index (χ0) is 22.7. The number of carbonyl (C=O) groups is 1. The molecule has 4 rings (SSSR count). The van der Waals surface area contributed by atoms with Crippen molar-refractivity contribution in [2.24, 2.45) is 5.92 Å². The van der Waals surface area contributed by atoms with E-state index in [4.69, 9.17) is 16.3 Å².